The Morgan fingerprint density at radius 3 is 2.38 bits per heavy atom. The van der Waals surface area contributed by atoms with E-state index in [1.807, 2.05) is 13.8 Å². The number of ether oxygens (including phenoxy) is 1. The molecule has 1 heterocycles. The van der Waals surface area contributed by atoms with Gasteiger partial charge in [-0.1, -0.05) is 13.3 Å². The Balaban J connectivity index is 2.28. The number of hydrogen-bond donors (Lipinski definition) is 1. The highest BCUT2D eigenvalue weighted by molar-refractivity contribution is 6.01. The van der Waals surface area contributed by atoms with Gasteiger partial charge >= 0.3 is 5.97 Å². The van der Waals surface area contributed by atoms with Crippen molar-refractivity contribution in [3.05, 3.63) is 0 Å². The molecule has 1 rings (SSSR count). The van der Waals surface area contributed by atoms with Gasteiger partial charge in [0.1, 0.15) is 0 Å². The summed E-state index contributed by atoms with van der Waals surface area (Å²) in [6, 6.07) is 0. The van der Waals surface area contributed by atoms with Gasteiger partial charge in [0.2, 0.25) is 5.91 Å². The Kier molecular flexibility index (Phi) is 7.84. The fraction of sp³-hybridized carbons (Fsp3) is 0.750. The summed E-state index contributed by atoms with van der Waals surface area (Å²) in [5.74, 6) is -2.19. The van der Waals surface area contributed by atoms with Crippen molar-refractivity contribution in [2.45, 2.75) is 64.8 Å². The fourth-order valence-electron chi connectivity index (χ4n) is 2.07. The second kappa shape index (κ2) is 9.36. The summed E-state index contributed by atoms with van der Waals surface area (Å²) in [7, 11) is 0. The van der Waals surface area contributed by atoms with Gasteiger partial charge in [-0.05, 0) is 20.3 Å². The molecule has 0 saturated carbocycles. The molecule has 0 bridgehead atoms. The van der Waals surface area contributed by atoms with Crippen molar-refractivity contribution < 1.29 is 28.8 Å². The molecule has 0 spiro atoms. The number of nitrogens with zero attached hydrogens (tertiary/aromatic N) is 1. The summed E-state index contributed by atoms with van der Waals surface area (Å²) in [5.41, 5.74) is -0.546. The van der Waals surface area contributed by atoms with Crippen LogP contribution in [-0.4, -0.2) is 47.5 Å². The first-order valence-corrected chi connectivity index (χ1v) is 8.20. The minimum atomic E-state index is -0.786. The summed E-state index contributed by atoms with van der Waals surface area (Å²) in [5, 5.41) is 3.26. The van der Waals surface area contributed by atoms with E-state index >= 15 is 0 Å². The van der Waals surface area contributed by atoms with E-state index in [-0.39, 0.29) is 31.6 Å². The minimum absolute atomic E-state index is 0.0405. The number of carbonyl (C=O) groups is 4. The van der Waals surface area contributed by atoms with Crippen LogP contribution in [0.2, 0.25) is 0 Å². The normalized spacial score (nSPS) is 14.9. The lowest BCUT2D eigenvalue weighted by atomic mass is 10.1. The van der Waals surface area contributed by atoms with Crippen LogP contribution in [0.15, 0.2) is 0 Å². The highest BCUT2D eigenvalue weighted by atomic mass is 16.7. The van der Waals surface area contributed by atoms with E-state index in [9.17, 15) is 19.2 Å². The highest BCUT2D eigenvalue weighted by Gasteiger charge is 2.32. The van der Waals surface area contributed by atoms with Crippen LogP contribution in [0.5, 0.6) is 0 Å². The first-order valence-electron chi connectivity index (χ1n) is 8.20. The van der Waals surface area contributed by atoms with Gasteiger partial charge in [-0.3, -0.25) is 14.4 Å². The molecule has 0 aromatic rings. The summed E-state index contributed by atoms with van der Waals surface area (Å²) in [4.78, 5) is 50.9. The summed E-state index contributed by atoms with van der Waals surface area (Å²) in [6.45, 7) is 6.74. The minimum Gasteiger partial charge on any atom is -0.379 e. The number of carbonyl (C=O) groups excluding carboxylic acids is 4. The molecular weight excluding hydrogens is 316 g/mol. The lowest BCUT2D eigenvalue weighted by Crippen LogP contribution is -2.47. The lowest BCUT2D eigenvalue weighted by Gasteiger charge is -2.26. The van der Waals surface area contributed by atoms with Crippen LogP contribution in [-0.2, 0) is 28.8 Å². The van der Waals surface area contributed by atoms with Crippen molar-refractivity contribution in [1.82, 2.24) is 10.4 Å². The fourth-order valence-corrected chi connectivity index (χ4v) is 2.07. The first-order chi connectivity index (χ1) is 11.2. The molecule has 1 aliphatic rings. The van der Waals surface area contributed by atoms with Crippen LogP contribution in [0.3, 0.4) is 0 Å². The Morgan fingerprint density at radius 2 is 1.79 bits per heavy atom. The number of hydrogen-bond acceptors (Lipinski definition) is 6. The molecule has 3 amide bonds. The number of amides is 3. The van der Waals surface area contributed by atoms with Crippen molar-refractivity contribution in [3.63, 3.8) is 0 Å². The average molecular weight is 342 g/mol. The predicted octanol–water partition coefficient (Wildman–Crippen LogP) is 1.09. The number of hydroxylamine groups is 2. The highest BCUT2D eigenvalue weighted by Crippen LogP contribution is 2.13. The average Bonchev–Trinajstić information content (AvgIpc) is 2.81. The zero-order chi connectivity index (χ0) is 18.2. The smallest absolute Gasteiger partial charge is 0.333 e. The molecule has 24 heavy (non-hydrogen) atoms. The van der Waals surface area contributed by atoms with Crippen LogP contribution < -0.4 is 5.32 Å². The number of rotatable bonds is 10. The molecule has 8 heteroatoms. The molecule has 0 aromatic heterocycles. The van der Waals surface area contributed by atoms with E-state index < -0.39 is 23.3 Å². The third-order valence-electron chi connectivity index (χ3n) is 3.34. The van der Waals surface area contributed by atoms with Gasteiger partial charge in [-0.25, -0.2) is 4.79 Å². The van der Waals surface area contributed by atoms with Gasteiger partial charge in [0, 0.05) is 25.9 Å². The summed E-state index contributed by atoms with van der Waals surface area (Å²) >= 11 is 0. The molecule has 136 valence electrons. The molecule has 0 atom stereocenters. The zero-order valence-corrected chi connectivity index (χ0v) is 14.6. The van der Waals surface area contributed by atoms with Crippen LogP contribution in [0.4, 0.5) is 0 Å². The molecular formula is C16H26N2O6. The lowest BCUT2D eigenvalue weighted by molar-refractivity contribution is -0.197. The van der Waals surface area contributed by atoms with E-state index in [1.54, 1.807) is 0 Å². The van der Waals surface area contributed by atoms with E-state index in [0.717, 1.165) is 12.8 Å². The first kappa shape index (κ1) is 20.1. The van der Waals surface area contributed by atoms with Crippen molar-refractivity contribution in [1.29, 1.82) is 0 Å². The summed E-state index contributed by atoms with van der Waals surface area (Å²) in [6.07, 6.45) is 1.78. The maximum Gasteiger partial charge on any atom is 0.333 e. The largest absolute Gasteiger partial charge is 0.379 e. The monoisotopic (exact) mass is 342 g/mol. The van der Waals surface area contributed by atoms with E-state index in [4.69, 9.17) is 9.57 Å². The molecule has 1 fully saturated rings. The van der Waals surface area contributed by atoms with Crippen molar-refractivity contribution in [3.8, 4) is 0 Å². The van der Waals surface area contributed by atoms with E-state index in [1.165, 1.54) is 0 Å². The SMILES string of the molecule is CCCCOCC(C)(C)NC(=O)CCC(=O)ON1C(=O)CCC1=O. The number of nitrogens with one attached hydrogen (secondary N) is 1. The molecule has 1 aliphatic heterocycles. The van der Waals surface area contributed by atoms with Crippen molar-refractivity contribution >= 4 is 23.7 Å². The molecule has 0 unspecified atom stereocenters. The van der Waals surface area contributed by atoms with E-state index in [0.29, 0.717) is 18.3 Å². The quantitative estimate of drug-likeness (QED) is 0.471. The van der Waals surface area contributed by atoms with Gasteiger partial charge in [0.25, 0.3) is 11.8 Å². The molecule has 8 nitrogen and oxygen atoms in total. The van der Waals surface area contributed by atoms with Crippen LogP contribution in [0.1, 0.15) is 59.3 Å². The Morgan fingerprint density at radius 1 is 1.17 bits per heavy atom. The van der Waals surface area contributed by atoms with E-state index in [2.05, 4.69) is 12.2 Å². The topological polar surface area (TPSA) is 102 Å². The third-order valence-corrected chi connectivity index (χ3v) is 3.34. The van der Waals surface area contributed by atoms with Crippen molar-refractivity contribution in [2.24, 2.45) is 0 Å². The second-order valence-corrected chi connectivity index (χ2v) is 6.38. The molecule has 0 radical (unpaired) electrons. The van der Waals surface area contributed by atoms with Crippen LogP contribution >= 0.6 is 0 Å². The zero-order valence-electron chi connectivity index (χ0n) is 14.6. The van der Waals surface area contributed by atoms with Crippen LogP contribution in [0, 0.1) is 0 Å². The van der Waals surface area contributed by atoms with Crippen molar-refractivity contribution in [2.75, 3.05) is 13.2 Å². The van der Waals surface area contributed by atoms with Gasteiger partial charge in [-0.15, -0.1) is 5.06 Å². The van der Waals surface area contributed by atoms with Gasteiger partial charge in [0.15, 0.2) is 0 Å². The molecule has 1 saturated heterocycles. The Hall–Kier alpha value is -1.96. The maximum absolute atomic E-state index is 11.9. The maximum atomic E-state index is 11.9. The Bertz CT molecular complexity index is 473. The molecule has 0 aromatic carbocycles. The third kappa shape index (κ3) is 7.08. The molecule has 1 N–H and O–H groups in total. The number of unbranched alkanes of at least 4 members (excludes halogenated alkanes) is 1. The Labute approximate surface area is 141 Å². The van der Waals surface area contributed by atoms with Crippen LogP contribution in [0.25, 0.3) is 0 Å². The second-order valence-electron chi connectivity index (χ2n) is 6.38. The summed E-state index contributed by atoms with van der Waals surface area (Å²) < 4.78 is 5.49. The standard InChI is InChI=1S/C16H26N2O6/c1-4-5-10-23-11-16(2,3)17-12(19)6-9-15(22)24-18-13(20)7-8-14(18)21/h4-11H2,1-3H3,(H,17,19). The van der Waals surface area contributed by atoms with Gasteiger partial charge in [0.05, 0.1) is 18.6 Å². The van der Waals surface area contributed by atoms with Gasteiger partial charge in [-0.2, -0.15) is 0 Å². The predicted molar refractivity (Wildman–Crippen MR) is 84.4 cm³/mol. The van der Waals surface area contributed by atoms with Gasteiger partial charge < -0.3 is 14.9 Å². The number of imide groups is 1. The molecule has 0 aliphatic carbocycles.